The lowest BCUT2D eigenvalue weighted by Crippen LogP contribution is -2.19. The summed E-state index contributed by atoms with van der Waals surface area (Å²) in [4.78, 5) is 0. The van der Waals surface area contributed by atoms with Crippen LogP contribution >= 0.6 is 0 Å². The van der Waals surface area contributed by atoms with Gasteiger partial charge in [-0.15, -0.1) is 0 Å². The predicted molar refractivity (Wildman–Crippen MR) is 69.5 cm³/mol. The lowest BCUT2D eigenvalue weighted by molar-refractivity contribution is 0.147. The Morgan fingerprint density at radius 1 is 1.06 bits per heavy atom. The van der Waals surface area contributed by atoms with E-state index in [4.69, 9.17) is 5.73 Å². The van der Waals surface area contributed by atoms with Crippen molar-refractivity contribution in [3.05, 3.63) is 71.0 Å². The van der Waals surface area contributed by atoms with Gasteiger partial charge in [-0.1, -0.05) is 42.5 Å². The molecule has 0 saturated heterocycles. The molecular formula is C15H16FNO. The fraction of sp³-hybridized carbons (Fsp3) is 0.200. The van der Waals surface area contributed by atoms with Crippen molar-refractivity contribution in [1.82, 2.24) is 0 Å². The average molecular weight is 245 g/mol. The second-order valence-corrected chi connectivity index (χ2v) is 4.39. The van der Waals surface area contributed by atoms with Gasteiger partial charge in [-0.2, -0.15) is 0 Å². The number of rotatable bonds is 3. The Labute approximate surface area is 106 Å². The van der Waals surface area contributed by atoms with Crippen LogP contribution in [0.1, 0.15) is 28.8 Å². The van der Waals surface area contributed by atoms with Gasteiger partial charge < -0.3 is 10.8 Å². The third-order valence-corrected chi connectivity index (χ3v) is 3.05. The quantitative estimate of drug-likeness (QED) is 0.873. The fourth-order valence-electron chi connectivity index (χ4n) is 1.92. The summed E-state index contributed by atoms with van der Waals surface area (Å²) in [5.74, 6) is -0.278. The first-order valence-corrected chi connectivity index (χ1v) is 5.84. The minimum absolute atomic E-state index is 0.278. The van der Waals surface area contributed by atoms with E-state index in [1.54, 1.807) is 19.1 Å². The van der Waals surface area contributed by atoms with Crippen LogP contribution in [0.3, 0.4) is 0 Å². The summed E-state index contributed by atoms with van der Waals surface area (Å²) >= 11 is 0. The van der Waals surface area contributed by atoms with Crippen LogP contribution < -0.4 is 5.73 Å². The number of hydrogen-bond donors (Lipinski definition) is 2. The van der Waals surface area contributed by atoms with Crippen molar-refractivity contribution in [3.63, 3.8) is 0 Å². The summed E-state index contributed by atoms with van der Waals surface area (Å²) in [6.45, 7) is 1.67. The molecular weight excluding hydrogens is 229 g/mol. The van der Waals surface area contributed by atoms with Gasteiger partial charge in [0.15, 0.2) is 0 Å². The van der Waals surface area contributed by atoms with Gasteiger partial charge in [-0.05, 0) is 29.7 Å². The number of aryl methyl sites for hydroxylation is 1. The Kier molecular flexibility index (Phi) is 3.75. The first-order valence-electron chi connectivity index (χ1n) is 5.84. The van der Waals surface area contributed by atoms with Crippen molar-refractivity contribution in [2.24, 2.45) is 5.73 Å². The number of halogens is 1. The largest absolute Gasteiger partial charge is 0.386 e. The van der Waals surface area contributed by atoms with Gasteiger partial charge in [0, 0.05) is 0 Å². The van der Waals surface area contributed by atoms with E-state index < -0.39 is 12.1 Å². The maximum Gasteiger partial charge on any atom is 0.126 e. The molecule has 2 rings (SSSR count). The Balaban J connectivity index is 2.25. The average Bonchev–Trinajstić information content (AvgIpc) is 2.41. The first kappa shape index (κ1) is 12.7. The van der Waals surface area contributed by atoms with E-state index in [9.17, 15) is 9.50 Å². The highest BCUT2D eigenvalue weighted by Gasteiger charge is 2.19. The Hall–Kier alpha value is -1.71. The van der Waals surface area contributed by atoms with Crippen molar-refractivity contribution in [1.29, 1.82) is 0 Å². The van der Waals surface area contributed by atoms with Gasteiger partial charge in [0.25, 0.3) is 0 Å². The van der Waals surface area contributed by atoms with Crippen molar-refractivity contribution in [3.8, 4) is 0 Å². The highest BCUT2D eigenvalue weighted by atomic mass is 19.1. The van der Waals surface area contributed by atoms with Crippen molar-refractivity contribution < 1.29 is 9.50 Å². The fourth-order valence-corrected chi connectivity index (χ4v) is 1.92. The Morgan fingerprint density at radius 3 is 2.33 bits per heavy atom. The molecule has 18 heavy (non-hydrogen) atoms. The van der Waals surface area contributed by atoms with E-state index in [2.05, 4.69) is 0 Å². The van der Waals surface area contributed by atoms with E-state index >= 15 is 0 Å². The van der Waals surface area contributed by atoms with Gasteiger partial charge in [-0.3, -0.25) is 0 Å². The van der Waals surface area contributed by atoms with Gasteiger partial charge in [0.2, 0.25) is 0 Å². The molecule has 0 fully saturated rings. The van der Waals surface area contributed by atoms with E-state index in [0.29, 0.717) is 11.1 Å². The second kappa shape index (κ2) is 5.29. The molecule has 0 aliphatic heterocycles. The lowest BCUT2D eigenvalue weighted by Gasteiger charge is -2.20. The third kappa shape index (κ3) is 2.58. The maximum absolute atomic E-state index is 13.2. The van der Waals surface area contributed by atoms with Crippen LogP contribution in [0.5, 0.6) is 0 Å². The molecule has 2 aromatic carbocycles. The molecule has 0 aliphatic carbocycles. The van der Waals surface area contributed by atoms with Gasteiger partial charge in [0.05, 0.1) is 12.1 Å². The van der Waals surface area contributed by atoms with Gasteiger partial charge in [-0.25, -0.2) is 4.39 Å². The predicted octanol–water partition coefficient (Wildman–Crippen LogP) is 2.87. The number of aliphatic hydroxyl groups is 1. The van der Waals surface area contributed by atoms with E-state index in [1.807, 2.05) is 30.3 Å². The molecule has 0 spiro atoms. The molecule has 0 amide bonds. The minimum atomic E-state index is -0.841. The minimum Gasteiger partial charge on any atom is -0.386 e. The molecule has 2 aromatic rings. The molecule has 0 aliphatic rings. The second-order valence-electron chi connectivity index (χ2n) is 4.39. The standard InChI is InChI=1S/C15H16FNO/c1-10-9-12(7-8-13(10)16)15(18)14(17)11-5-3-2-4-6-11/h2-9,14-15,18H,17H2,1H3. The van der Waals surface area contributed by atoms with Crippen LogP contribution in [-0.4, -0.2) is 5.11 Å². The summed E-state index contributed by atoms with van der Waals surface area (Å²) in [5, 5.41) is 10.2. The third-order valence-electron chi connectivity index (χ3n) is 3.05. The molecule has 3 N–H and O–H groups in total. The number of nitrogens with two attached hydrogens (primary N) is 1. The Bertz CT molecular complexity index is 527. The zero-order valence-electron chi connectivity index (χ0n) is 10.2. The smallest absolute Gasteiger partial charge is 0.126 e. The molecule has 2 nitrogen and oxygen atoms in total. The highest BCUT2D eigenvalue weighted by Crippen LogP contribution is 2.27. The molecule has 0 saturated carbocycles. The molecule has 2 atom stereocenters. The Morgan fingerprint density at radius 2 is 1.72 bits per heavy atom. The van der Waals surface area contributed by atoms with Crippen molar-refractivity contribution >= 4 is 0 Å². The number of aliphatic hydroxyl groups excluding tert-OH is 1. The SMILES string of the molecule is Cc1cc(C(O)C(N)c2ccccc2)ccc1F. The highest BCUT2D eigenvalue weighted by molar-refractivity contribution is 5.29. The molecule has 0 bridgehead atoms. The van der Waals surface area contributed by atoms with Gasteiger partial charge >= 0.3 is 0 Å². The summed E-state index contributed by atoms with van der Waals surface area (Å²) in [7, 11) is 0. The van der Waals surface area contributed by atoms with Crippen LogP contribution in [0.15, 0.2) is 48.5 Å². The van der Waals surface area contributed by atoms with E-state index in [-0.39, 0.29) is 5.82 Å². The van der Waals surface area contributed by atoms with Crippen LogP contribution in [-0.2, 0) is 0 Å². The zero-order valence-corrected chi connectivity index (χ0v) is 10.2. The molecule has 94 valence electrons. The topological polar surface area (TPSA) is 46.2 Å². The van der Waals surface area contributed by atoms with Crippen LogP contribution in [0.4, 0.5) is 4.39 Å². The van der Waals surface area contributed by atoms with Crippen LogP contribution in [0, 0.1) is 12.7 Å². The van der Waals surface area contributed by atoms with E-state index in [1.165, 1.54) is 6.07 Å². The summed E-state index contributed by atoms with van der Waals surface area (Å²) in [6.07, 6.45) is -0.841. The van der Waals surface area contributed by atoms with Crippen LogP contribution in [0.2, 0.25) is 0 Å². The summed E-state index contributed by atoms with van der Waals surface area (Å²) < 4.78 is 13.2. The first-order chi connectivity index (χ1) is 8.59. The normalized spacial score (nSPS) is 14.2. The van der Waals surface area contributed by atoms with Gasteiger partial charge in [0.1, 0.15) is 5.82 Å². The molecule has 0 radical (unpaired) electrons. The molecule has 2 unspecified atom stereocenters. The molecule has 0 aromatic heterocycles. The number of hydrogen-bond acceptors (Lipinski definition) is 2. The van der Waals surface area contributed by atoms with Crippen molar-refractivity contribution in [2.75, 3.05) is 0 Å². The van der Waals surface area contributed by atoms with E-state index in [0.717, 1.165) is 5.56 Å². The zero-order chi connectivity index (χ0) is 13.1. The summed E-state index contributed by atoms with van der Waals surface area (Å²) in [6, 6.07) is 13.4. The lowest BCUT2D eigenvalue weighted by atomic mass is 9.95. The number of benzene rings is 2. The monoisotopic (exact) mass is 245 g/mol. The van der Waals surface area contributed by atoms with Crippen LogP contribution in [0.25, 0.3) is 0 Å². The summed E-state index contributed by atoms with van der Waals surface area (Å²) in [5.41, 5.74) is 8.00. The molecule has 3 heteroatoms. The van der Waals surface area contributed by atoms with Crippen molar-refractivity contribution in [2.45, 2.75) is 19.1 Å². The maximum atomic E-state index is 13.2. The molecule has 0 heterocycles.